The van der Waals surface area contributed by atoms with E-state index < -0.39 is 23.6 Å². The first-order chi connectivity index (χ1) is 9.64. The number of anilines is 1. The van der Waals surface area contributed by atoms with Gasteiger partial charge in [0.05, 0.1) is 5.92 Å². The summed E-state index contributed by atoms with van der Waals surface area (Å²) in [4.78, 5) is 23.0. The number of aromatic hydroxyl groups is 1. The zero-order valence-corrected chi connectivity index (χ0v) is 12.2. The number of phenolic OH excluding ortho intramolecular Hbond substituents is 1. The molecular formula is C14H20N2O5. The van der Waals surface area contributed by atoms with E-state index in [2.05, 4.69) is 5.32 Å². The molecule has 7 nitrogen and oxygen atoms in total. The smallest absolute Gasteiger partial charge is 0.412 e. The van der Waals surface area contributed by atoms with Gasteiger partial charge >= 0.3 is 12.1 Å². The quantitative estimate of drug-likeness (QED) is 0.629. The molecule has 0 aliphatic heterocycles. The van der Waals surface area contributed by atoms with Crippen LogP contribution in [0.25, 0.3) is 0 Å². The van der Waals surface area contributed by atoms with Crippen molar-refractivity contribution in [3.63, 3.8) is 0 Å². The van der Waals surface area contributed by atoms with Gasteiger partial charge in [-0.1, -0.05) is 0 Å². The Balaban J connectivity index is 3.07. The Morgan fingerprint density at radius 2 is 2.00 bits per heavy atom. The summed E-state index contributed by atoms with van der Waals surface area (Å²) in [6.45, 7) is 4.97. The molecule has 0 aliphatic carbocycles. The highest BCUT2D eigenvalue weighted by atomic mass is 16.6. The summed E-state index contributed by atoms with van der Waals surface area (Å²) in [6, 6.07) is 4.00. The van der Waals surface area contributed by atoms with Crippen LogP contribution in [0.5, 0.6) is 5.75 Å². The number of carboxylic acids is 1. The maximum Gasteiger partial charge on any atom is 0.412 e. The number of carbonyl (C=O) groups is 2. The lowest BCUT2D eigenvalue weighted by Crippen LogP contribution is -2.28. The van der Waals surface area contributed by atoms with Gasteiger partial charge in [0.25, 0.3) is 0 Å². The number of carboxylic acid groups (broad SMARTS) is 1. The average Bonchev–Trinajstić information content (AvgIpc) is 2.30. The molecule has 0 aromatic heterocycles. The van der Waals surface area contributed by atoms with E-state index in [0.29, 0.717) is 0 Å². The molecule has 1 aromatic rings. The van der Waals surface area contributed by atoms with E-state index in [1.807, 2.05) is 0 Å². The van der Waals surface area contributed by atoms with Crippen molar-refractivity contribution >= 4 is 17.7 Å². The predicted octanol–water partition coefficient (Wildman–Crippen LogP) is 1.87. The van der Waals surface area contributed by atoms with E-state index in [1.165, 1.54) is 18.2 Å². The minimum absolute atomic E-state index is 0.112. The first-order valence-corrected chi connectivity index (χ1v) is 6.40. The molecular weight excluding hydrogens is 276 g/mol. The number of carbonyl (C=O) groups excluding carboxylic acids is 1. The van der Waals surface area contributed by atoms with Crippen LogP contribution in [0.1, 0.15) is 32.3 Å². The third kappa shape index (κ3) is 4.96. The normalized spacial score (nSPS) is 12.6. The molecule has 7 heteroatoms. The van der Waals surface area contributed by atoms with Crippen molar-refractivity contribution in [3.8, 4) is 5.75 Å². The molecule has 21 heavy (non-hydrogen) atoms. The van der Waals surface area contributed by atoms with Gasteiger partial charge in [-0.2, -0.15) is 0 Å². The Hall–Kier alpha value is -2.28. The van der Waals surface area contributed by atoms with Crippen molar-refractivity contribution in [2.24, 2.45) is 5.73 Å². The maximum absolute atomic E-state index is 11.8. The van der Waals surface area contributed by atoms with Gasteiger partial charge in [0.15, 0.2) is 0 Å². The minimum Gasteiger partial charge on any atom is -0.508 e. The summed E-state index contributed by atoms with van der Waals surface area (Å²) in [5.41, 5.74) is 5.23. The van der Waals surface area contributed by atoms with Crippen molar-refractivity contribution in [1.82, 2.24) is 0 Å². The summed E-state index contributed by atoms with van der Waals surface area (Å²) in [5, 5.41) is 21.1. The Labute approximate surface area is 122 Å². The number of ether oxygens (including phenoxy) is 1. The van der Waals surface area contributed by atoms with Crippen molar-refractivity contribution in [2.75, 3.05) is 11.9 Å². The Kier molecular flexibility index (Phi) is 5.15. The Morgan fingerprint density at radius 3 is 2.48 bits per heavy atom. The van der Waals surface area contributed by atoms with Crippen molar-refractivity contribution in [1.29, 1.82) is 0 Å². The van der Waals surface area contributed by atoms with E-state index in [4.69, 9.17) is 15.6 Å². The molecule has 1 atom stereocenters. The van der Waals surface area contributed by atoms with E-state index in [9.17, 15) is 14.7 Å². The number of rotatable bonds is 4. The molecule has 1 unspecified atom stereocenters. The molecule has 1 aromatic carbocycles. The number of aliphatic carboxylic acids is 1. The molecule has 0 fully saturated rings. The Bertz CT molecular complexity index is 537. The maximum atomic E-state index is 11.8. The van der Waals surface area contributed by atoms with E-state index in [-0.39, 0.29) is 23.5 Å². The van der Waals surface area contributed by atoms with Crippen molar-refractivity contribution in [3.05, 3.63) is 23.8 Å². The topological polar surface area (TPSA) is 122 Å². The molecule has 5 N–H and O–H groups in total. The molecule has 0 heterocycles. The van der Waals surface area contributed by atoms with Crippen LogP contribution < -0.4 is 11.1 Å². The van der Waals surface area contributed by atoms with Gasteiger partial charge in [-0.25, -0.2) is 4.79 Å². The standard InChI is InChI=1S/C14H20N2O5/c1-14(2,3)21-13(20)16-11-5-4-8(17)6-9(11)10(7-15)12(18)19/h4-6,10,17H,7,15H2,1-3H3,(H,16,20)(H,18,19). The van der Waals surface area contributed by atoms with Crippen LogP contribution in [0.4, 0.5) is 10.5 Å². The molecule has 0 saturated heterocycles. The van der Waals surface area contributed by atoms with Crippen molar-refractivity contribution < 1.29 is 24.5 Å². The van der Waals surface area contributed by atoms with E-state index in [1.54, 1.807) is 20.8 Å². The molecule has 0 saturated carbocycles. The minimum atomic E-state index is -1.14. The van der Waals surface area contributed by atoms with Crippen molar-refractivity contribution in [2.45, 2.75) is 32.3 Å². The third-order valence-corrected chi connectivity index (χ3v) is 2.58. The largest absolute Gasteiger partial charge is 0.508 e. The summed E-state index contributed by atoms with van der Waals surface area (Å²) >= 11 is 0. The summed E-state index contributed by atoms with van der Waals surface area (Å²) in [7, 11) is 0. The van der Waals surface area contributed by atoms with Crippen LogP contribution >= 0.6 is 0 Å². The van der Waals surface area contributed by atoms with E-state index >= 15 is 0 Å². The molecule has 1 amide bonds. The molecule has 116 valence electrons. The lowest BCUT2D eigenvalue weighted by Gasteiger charge is -2.21. The van der Waals surface area contributed by atoms with E-state index in [0.717, 1.165) is 0 Å². The predicted molar refractivity (Wildman–Crippen MR) is 77.4 cm³/mol. The molecule has 1 rings (SSSR count). The zero-order chi connectivity index (χ0) is 16.2. The second-order valence-corrected chi connectivity index (χ2v) is 5.52. The fourth-order valence-corrected chi connectivity index (χ4v) is 1.73. The first kappa shape index (κ1) is 16.8. The number of benzene rings is 1. The molecule has 0 radical (unpaired) electrons. The second kappa shape index (κ2) is 6.45. The van der Waals surface area contributed by atoms with Crippen LogP contribution in [0.15, 0.2) is 18.2 Å². The van der Waals surface area contributed by atoms with Gasteiger partial charge in [-0.05, 0) is 44.5 Å². The number of hydrogen-bond acceptors (Lipinski definition) is 5. The number of phenols is 1. The fraction of sp³-hybridized carbons (Fsp3) is 0.429. The summed E-state index contributed by atoms with van der Waals surface area (Å²) < 4.78 is 5.11. The van der Waals surface area contributed by atoms with Gasteiger partial charge in [0.2, 0.25) is 0 Å². The SMILES string of the molecule is CC(C)(C)OC(=O)Nc1ccc(O)cc1C(CN)C(=O)O. The number of hydrogen-bond donors (Lipinski definition) is 4. The van der Waals surface area contributed by atoms with Gasteiger partial charge in [0.1, 0.15) is 11.4 Å². The molecule has 0 aliphatic rings. The number of nitrogens with one attached hydrogen (secondary N) is 1. The van der Waals surface area contributed by atoms with Crippen LogP contribution in [-0.2, 0) is 9.53 Å². The van der Waals surface area contributed by atoms with Gasteiger partial charge in [0, 0.05) is 12.2 Å². The van der Waals surface area contributed by atoms with Gasteiger partial charge < -0.3 is 20.7 Å². The first-order valence-electron chi connectivity index (χ1n) is 6.40. The second-order valence-electron chi connectivity index (χ2n) is 5.52. The number of amides is 1. The lowest BCUT2D eigenvalue weighted by molar-refractivity contribution is -0.138. The van der Waals surface area contributed by atoms with Gasteiger partial charge in [-0.3, -0.25) is 10.1 Å². The molecule has 0 bridgehead atoms. The molecule has 0 spiro atoms. The lowest BCUT2D eigenvalue weighted by atomic mass is 9.97. The number of nitrogens with two attached hydrogens (primary N) is 1. The van der Waals surface area contributed by atoms with Gasteiger partial charge in [-0.15, -0.1) is 0 Å². The van der Waals surface area contributed by atoms with Crippen LogP contribution in [0.2, 0.25) is 0 Å². The third-order valence-electron chi connectivity index (χ3n) is 2.58. The average molecular weight is 296 g/mol. The summed E-state index contributed by atoms with van der Waals surface area (Å²) in [5.74, 6) is -2.29. The monoisotopic (exact) mass is 296 g/mol. The highest BCUT2D eigenvalue weighted by Gasteiger charge is 2.24. The highest BCUT2D eigenvalue weighted by molar-refractivity contribution is 5.88. The fourth-order valence-electron chi connectivity index (χ4n) is 1.73. The highest BCUT2D eigenvalue weighted by Crippen LogP contribution is 2.28. The van der Waals surface area contributed by atoms with Crippen LogP contribution in [-0.4, -0.2) is 34.4 Å². The van der Waals surface area contributed by atoms with Crippen LogP contribution in [0.3, 0.4) is 0 Å². The summed E-state index contributed by atoms with van der Waals surface area (Å²) in [6.07, 6.45) is -0.712. The van der Waals surface area contributed by atoms with Crippen LogP contribution in [0, 0.1) is 0 Å². The zero-order valence-electron chi connectivity index (χ0n) is 12.2. The Morgan fingerprint density at radius 1 is 1.38 bits per heavy atom.